The third-order valence-corrected chi connectivity index (χ3v) is 4.38. The fourth-order valence-corrected chi connectivity index (χ4v) is 4.27. The topological polar surface area (TPSA) is 38.0 Å². The summed E-state index contributed by atoms with van der Waals surface area (Å²) in [4.78, 5) is 0.102. The van der Waals surface area contributed by atoms with Crippen LogP contribution < -0.4 is 11.1 Å². The van der Waals surface area contributed by atoms with E-state index in [4.69, 9.17) is 18.0 Å². The lowest BCUT2D eigenvalue weighted by molar-refractivity contribution is 0.105. The van der Waals surface area contributed by atoms with Crippen LogP contribution in [0.15, 0.2) is 18.2 Å². The number of benzene rings is 1. The second-order valence-electron chi connectivity index (χ2n) is 7.78. The van der Waals surface area contributed by atoms with E-state index in [9.17, 15) is 4.39 Å². The summed E-state index contributed by atoms with van der Waals surface area (Å²) in [5, 5.41) is 3.48. The molecule has 0 bridgehead atoms. The molecule has 0 saturated heterocycles. The number of hydrogen-bond donors (Lipinski definition) is 2. The van der Waals surface area contributed by atoms with Crippen molar-refractivity contribution in [1.82, 2.24) is 0 Å². The molecule has 4 heteroatoms. The summed E-state index contributed by atoms with van der Waals surface area (Å²) in [6.07, 6.45) is 3.32. The number of anilines is 1. The molecule has 1 fully saturated rings. The molecule has 0 atom stereocenters. The zero-order chi connectivity index (χ0) is 15.8. The summed E-state index contributed by atoms with van der Waals surface area (Å²) in [6, 6.07) is 5.25. The van der Waals surface area contributed by atoms with Crippen LogP contribution in [0.25, 0.3) is 0 Å². The van der Waals surface area contributed by atoms with Crippen LogP contribution in [0.1, 0.15) is 52.5 Å². The molecule has 0 aromatic heterocycles. The van der Waals surface area contributed by atoms with E-state index in [2.05, 4.69) is 33.0 Å². The highest BCUT2D eigenvalue weighted by Gasteiger charge is 2.38. The van der Waals surface area contributed by atoms with Crippen LogP contribution in [0.2, 0.25) is 0 Å². The number of thiocarbonyl (C=S) groups is 1. The van der Waals surface area contributed by atoms with Crippen molar-refractivity contribution in [1.29, 1.82) is 0 Å². The van der Waals surface area contributed by atoms with Crippen molar-refractivity contribution in [3.05, 3.63) is 29.6 Å². The number of nitrogens with one attached hydrogen (secondary N) is 1. The first-order chi connectivity index (χ1) is 9.60. The maximum Gasteiger partial charge on any atom is 0.135 e. The molecule has 0 amide bonds. The summed E-state index contributed by atoms with van der Waals surface area (Å²) < 4.78 is 14.0. The monoisotopic (exact) mass is 308 g/mol. The maximum absolute atomic E-state index is 14.0. The highest BCUT2D eigenvalue weighted by atomic mass is 32.1. The summed E-state index contributed by atoms with van der Waals surface area (Å²) >= 11 is 4.99. The Morgan fingerprint density at radius 3 is 2.33 bits per heavy atom. The van der Waals surface area contributed by atoms with Crippen molar-refractivity contribution in [2.24, 2.45) is 16.6 Å². The van der Waals surface area contributed by atoms with Crippen LogP contribution in [0.3, 0.4) is 0 Å². The van der Waals surface area contributed by atoms with Gasteiger partial charge in [0.1, 0.15) is 10.8 Å². The van der Waals surface area contributed by atoms with Gasteiger partial charge in [0, 0.05) is 11.7 Å². The van der Waals surface area contributed by atoms with Crippen molar-refractivity contribution in [2.45, 2.75) is 53.0 Å². The van der Waals surface area contributed by atoms with Crippen molar-refractivity contribution in [3.63, 3.8) is 0 Å². The van der Waals surface area contributed by atoms with Crippen LogP contribution in [-0.4, -0.2) is 11.0 Å². The minimum absolute atomic E-state index is 0.102. The van der Waals surface area contributed by atoms with Gasteiger partial charge in [-0.25, -0.2) is 4.39 Å². The number of rotatable bonds is 3. The minimum Gasteiger partial charge on any atom is -0.389 e. The second kappa shape index (κ2) is 5.56. The Balaban J connectivity index is 2.26. The molecule has 1 aliphatic rings. The van der Waals surface area contributed by atoms with E-state index in [-0.39, 0.29) is 21.6 Å². The van der Waals surface area contributed by atoms with Crippen molar-refractivity contribution in [3.8, 4) is 0 Å². The Morgan fingerprint density at radius 2 is 1.81 bits per heavy atom. The first kappa shape index (κ1) is 16.2. The third kappa shape index (κ3) is 3.94. The van der Waals surface area contributed by atoms with Crippen molar-refractivity contribution < 1.29 is 4.39 Å². The molecule has 116 valence electrons. The molecular formula is C17H25FN2S. The summed E-state index contributed by atoms with van der Waals surface area (Å²) in [6.45, 7) is 9.18. The number of nitrogens with two attached hydrogens (primary N) is 1. The summed E-state index contributed by atoms with van der Waals surface area (Å²) in [5.74, 6) is -0.359. The Hall–Kier alpha value is -1.16. The lowest BCUT2D eigenvalue weighted by atomic mass is 9.63. The number of hydrogen-bond acceptors (Lipinski definition) is 2. The van der Waals surface area contributed by atoms with Gasteiger partial charge in [0.25, 0.3) is 0 Å². The molecule has 21 heavy (non-hydrogen) atoms. The highest BCUT2D eigenvalue weighted by molar-refractivity contribution is 7.80. The van der Waals surface area contributed by atoms with E-state index in [0.29, 0.717) is 17.3 Å². The third-order valence-electron chi connectivity index (χ3n) is 4.17. The predicted octanol–water partition coefficient (Wildman–Crippen LogP) is 4.48. The van der Waals surface area contributed by atoms with E-state index < -0.39 is 0 Å². The lowest BCUT2D eigenvalue weighted by Crippen LogP contribution is -2.40. The molecule has 0 unspecified atom stereocenters. The average Bonchev–Trinajstić information content (AvgIpc) is 2.23. The van der Waals surface area contributed by atoms with E-state index in [1.54, 1.807) is 6.07 Å². The molecule has 0 spiro atoms. The Morgan fingerprint density at radius 1 is 1.24 bits per heavy atom. The van der Waals surface area contributed by atoms with Gasteiger partial charge in [-0.2, -0.15) is 0 Å². The highest BCUT2D eigenvalue weighted by Crippen LogP contribution is 2.46. The van der Waals surface area contributed by atoms with Gasteiger partial charge in [-0.1, -0.05) is 46.0 Å². The molecule has 0 radical (unpaired) electrons. The van der Waals surface area contributed by atoms with Gasteiger partial charge < -0.3 is 11.1 Å². The second-order valence-corrected chi connectivity index (χ2v) is 8.22. The fraction of sp³-hybridized carbons (Fsp3) is 0.588. The van der Waals surface area contributed by atoms with Crippen molar-refractivity contribution in [2.75, 3.05) is 5.32 Å². The Kier molecular flexibility index (Phi) is 4.29. The van der Waals surface area contributed by atoms with E-state index >= 15 is 0 Å². The molecule has 1 saturated carbocycles. The van der Waals surface area contributed by atoms with Gasteiger partial charge in [-0.15, -0.1) is 0 Å². The van der Waals surface area contributed by atoms with E-state index in [1.165, 1.54) is 12.5 Å². The van der Waals surface area contributed by atoms with Gasteiger partial charge in [-0.3, -0.25) is 0 Å². The maximum atomic E-state index is 14.0. The quantitative estimate of drug-likeness (QED) is 0.809. The Labute approximate surface area is 132 Å². The molecule has 3 N–H and O–H groups in total. The smallest absolute Gasteiger partial charge is 0.135 e. The molecular weight excluding hydrogens is 283 g/mol. The standard InChI is InChI=1S/C17H25FN2S/c1-16(2)8-11(9-17(3,4)10-16)20-13-7-5-6-12(18)14(13)15(19)21/h5-7,11,20H,8-10H2,1-4H3,(H2,19,21). The SMILES string of the molecule is CC1(C)CC(Nc2cccc(F)c2C(N)=S)CC(C)(C)C1. The number of halogens is 1. The zero-order valence-electron chi connectivity index (χ0n) is 13.3. The van der Waals surface area contributed by atoms with E-state index in [1.807, 2.05) is 6.07 Å². The van der Waals surface area contributed by atoms with Crippen LogP contribution in [0, 0.1) is 16.6 Å². The predicted molar refractivity (Wildman–Crippen MR) is 91.1 cm³/mol. The zero-order valence-corrected chi connectivity index (χ0v) is 14.1. The van der Waals surface area contributed by atoms with Crippen LogP contribution in [-0.2, 0) is 0 Å². The van der Waals surface area contributed by atoms with Gasteiger partial charge in [0.15, 0.2) is 0 Å². The average molecular weight is 308 g/mol. The molecule has 0 aliphatic heterocycles. The van der Waals surface area contributed by atoms with Crippen LogP contribution in [0.4, 0.5) is 10.1 Å². The largest absolute Gasteiger partial charge is 0.389 e. The molecule has 1 aromatic carbocycles. The molecule has 0 heterocycles. The lowest BCUT2D eigenvalue weighted by Gasteiger charge is -2.45. The summed E-state index contributed by atoms with van der Waals surface area (Å²) in [7, 11) is 0. The van der Waals surface area contributed by atoms with Crippen LogP contribution in [0.5, 0.6) is 0 Å². The molecule has 2 rings (SSSR count). The minimum atomic E-state index is -0.359. The van der Waals surface area contributed by atoms with Crippen molar-refractivity contribution >= 4 is 22.9 Å². The molecule has 1 aromatic rings. The van der Waals surface area contributed by atoms with Crippen LogP contribution >= 0.6 is 12.2 Å². The molecule has 1 aliphatic carbocycles. The normalized spacial score (nSPS) is 21.0. The summed E-state index contributed by atoms with van der Waals surface area (Å²) in [5.41, 5.74) is 7.26. The Bertz CT molecular complexity index is 536. The van der Waals surface area contributed by atoms with E-state index in [0.717, 1.165) is 12.8 Å². The fourth-order valence-electron chi connectivity index (χ4n) is 4.06. The first-order valence-electron chi connectivity index (χ1n) is 7.45. The van der Waals surface area contributed by atoms with Gasteiger partial charge in [0.05, 0.1) is 5.56 Å². The van der Waals surface area contributed by atoms with Gasteiger partial charge in [0.2, 0.25) is 0 Å². The van der Waals surface area contributed by atoms with Gasteiger partial charge >= 0.3 is 0 Å². The van der Waals surface area contributed by atoms with Gasteiger partial charge in [-0.05, 0) is 42.2 Å². The first-order valence-corrected chi connectivity index (χ1v) is 7.85. The molecule has 2 nitrogen and oxygen atoms in total.